The van der Waals surface area contributed by atoms with Gasteiger partial charge in [0, 0.05) is 49.0 Å². The molecule has 3 aromatic rings. The van der Waals surface area contributed by atoms with E-state index in [-0.39, 0.29) is 35.3 Å². The highest BCUT2D eigenvalue weighted by Gasteiger charge is 2.33. The zero-order chi connectivity index (χ0) is 28.4. The number of halogens is 3. The highest BCUT2D eigenvalue weighted by Crippen LogP contribution is 2.31. The fourth-order valence-electron chi connectivity index (χ4n) is 4.98. The Morgan fingerprint density at radius 3 is 2.35 bits per heavy atom. The van der Waals surface area contributed by atoms with Crippen LogP contribution in [0.3, 0.4) is 0 Å². The molecule has 0 aromatic heterocycles. The number of nitrogens with one attached hydrogen (secondary N) is 1. The number of hydrogen-bond acceptors (Lipinski definition) is 5. The first-order valence-electron chi connectivity index (χ1n) is 12.8. The Morgan fingerprint density at radius 2 is 1.65 bits per heavy atom. The number of nitrogens with zero attached hydrogens (tertiary/aromatic N) is 3. The van der Waals surface area contributed by atoms with Gasteiger partial charge in [-0.15, -0.1) is 0 Å². The van der Waals surface area contributed by atoms with E-state index in [0.717, 1.165) is 5.69 Å². The van der Waals surface area contributed by atoms with Crippen LogP contribution in [0.25, 0.3) is 0 Å². The molecule has 3 aromatic carbocycles. The number of sulfonamides is 1. The Balaban J connectivity index is 1.25. The molecule has 2 aliphatic rings. The molecule has 40 heavy (non-hydrogen) atoms. The summed E-state index contributed by atoms with van der Waals surface area (Å²) < 4.78 is 41.4. The maximum absolute atomic E-state index is 13.4. The van der Waals surface area contributed by atoms with E-state index in [2.05, 4.69) is 5.32 Å². The summed E-state index contributed by atoms with van der Waals surface area (Å²) in [6.07, 6.45) is 1.09. The highest BCUT2D eigenvalue weighted by molar-refractivity contribution is 7.89. The van der Waals surface area contributed by atoms with Gasteiger partial charge in [0.1, 0.15) is 11.9 Å². The minimum atomic E-state index is -3.86. The molecule has 0 spiro atoms. The minimum Gasteiger partial charge on any atom is -0.369 e. The van der Waals surface area contributed by atoms with Crippen LogP contribution in [0.1, 0.15) is 23.2 Å². The van der Waals surface area contributed by atoms with Gasteiger partial charge in [0.05, 0.1) is 15.6 Å². The Labute approximate surface area is 242 Å². The third kappa shape index (κ3) is 5.95. The smallest absolute Gasteiger partial charge is 0.251 e. The van der Waals surface area contributed by atoms with Gasteiger partial charge >= 0.3 is 0 Å². The van der Waals surface area contributed by atoms with E-state index in [4.69, 9.17) is 23.2 Å². The summed E-state index contributed by atoms with van der Waals surface area (Å²) in [4.78, 5) is 29.9. The van der Waals surface area contributed by atoms with Crippen molar-refractivity contribution in [3.63, 3.8) is 0 Å². The standard InChI is InChI=1S/C28H27Cl2FN4O4S/c29-20-6-11-26(24(30)18-20)35-12-2-5-25(28(35)37)32-27(36)19-3-1-4-23(17-19)40(38,39)34-15-13-33(14-16-34)22-9-7-21(31)8-10-22/h1,3-4,6-11,17-18,25H,2,5,12-16H2,(H,32,36). The van der Waals surface area contributed by atoms with Crippen LogP contribution in [0.2, 0.25) is 10.0 Å². The Bertz CT molecular complexity index is 1530. The van der Waals surface area contributed by atoms with Crippen molar-refractivity contribution in [1.29, 1.82) is 0 Å². The van der Waals surface area contributed by atoms with Gasteiger partial charge in [-0.25, -0.2) is 12.8 Å². The molecule has 8 nitrogen and oxygen atoms in total. The van der Waals surface area contributed by atoms with Crippen molar-refractivity contribution in [3.05, 3.63) is 88.2 Å². The van der Waals surface area contributed by atoms with E-state index in [1.165, 1.54) is 45.6 Å². The van der Waals surface area contributed by atoms with Gasteiger partial charge in [-0.1, -0.05) is 29.3 Å². The fraction of sp³-hybridized carbons (Fsp3) is 0.286. The quantitative estimate of drug-likeness (QED) is 0.445. The SMILES string of the molecule is O=C(NC1CCCN(c2ccc(Cl)cc2Cl)C1=O)c1cccc(S(=O)(=O)N2CCN(c3ccc(F)cc3)CC2)c1. The lowest BCUT2D eigenvalue weighted by molar-refractivity contribution is -0.121. The second kappa shape index (κ2) is 11.7. The number of piperidine rings is 1. The Hall–Kier alpha value is -3.18. The van der Waals surface area contributed by atoms with Crippen LogP contribution in [0.4, 0.5) is 15.8 Å². The van der Waals surface area contributed by atoms with Gasteiger partial charge in [-0.3, -0.25) is 9.59 Å². The molecule has 2 saturated heterocycles. The summed E-state index contributed by atoms with van der Waals surface area (Å²) >= 11 is 12.3. The van der Waals surface area contributed by atoms with E-state index in [1.54, 1.807) is 30.3 Å². The van der Waals surface area contributed by atoms with Crippen molar-refractivity contribution in [2.24, 2.45) is 0 Å². The lowest BCUT2D eigenvalue weighted by atomic mass is 10.0. The van der Waals surface area contributed by atoms with E-state index < -0.39 is 22.0 Å². The number of carbonyl (C=O) groups is 2. The third-order valence-electron chi connectivity index (χ3n) is 7.11. The lowest BCUT2D eigenvalue weighted by Crippen LogP contribution is -2.52. The molecule has 0 bridgehead atoms. The van der Waals surface area contributed by atoms with Gasteiger partial charge in [0.15, 0.2) is 0 Å². The fourth-order valence-corrected chi connectivity index (χ4v) is 6.95. The molecule has 0 aliphatic carbocycles. The van der Waals surface area contributed by atoms with Crippen LogP contribution in [-0.2, 0) is 14.8 Å². The molecule has 2 amide bonds. The van der Waals surface area contributed by atoms with Crippen LogP contribution >= 0.6 is 23.2 Å². The summed E-state index contributed by atoms with van der Waals surface area (Å²) in [7, 11) is -3.86. The second-order valence-electron chi connectivity index (χ2n) is 9.65. The first-order valence-corrected chi connectivity index (χ1v) is 15.0. The van der Waals surface area contributed by atoms with Crippen molar-refractivity contribution in [1.82, 2.24) is 9.62 Å². The molecule has 2 aliphatic heterocycles. The normalized spacial score (nSPS) is 18.6. The average molecular weight is 606 g/mol. The molecule has 1 atom stereocenters. The number of carbonyl (C=O) groups excluding carboxylic acids is 2. The largest absolute Gasteiger partial charge is 0.369 e. The van der Waals surface area contributed by atoms with Crippen LogP contribution in [0.5, 0.6) is 0 Å². The molecule has 2 heterocycles. The number of amides is 2. The third-order valence-corrected chi connectivity index (χ3v) is 9.54. The summed E-state index contributed by atoms with van der Waals surface area (Å²) in [6.45, 7) is 1.84. The second-order valence-corrected chi connectivity index (χ2v) is 12.4. The molecule has 210 valence electrons. The molecule has 1 N–H and O–H groups in total. The zero-order valence-corrected chi connectivity index (χ0v) is 23.7. The summed E-state index contributed by atoms with van der Waals surface area (Å²) in [5.41, 5.74) is 1.48. The highest BCUT2D eigenvalue weighted by atomic mass is 35.5. The summed E-state index contributed by atoms with van der Waals surface area (Å²) in [5.74, 6) is -1.17. The van der Waals surface area contributed by atoms with Crippen LogP contribution in [0.15, 0.2) is 71.6 Å². The Kier molecular flexibility index (Phi) is 8.32. The Morgan fingerprint density at radius 1 is 0.925 bits per heavy atom. The average Bonchev–Trinajstić information content (AvgIpc) is 2.95. The van der Waals surface area contributed by atoms with Gasteiger partial charge in [0.2, 0.25) is 15.9 Å². The molecule has 0 radical (unpaired) electrons. The summed E-state index contributed by atoms with van der Waals surface area (Å²) in [6, 6.07) is 16.0. The van der Waals surface area contributed by atoms with Crippen LogP contribution in [0, 0.1) is 5.82 Å². The number of piperazine rings is 1. The first kappa shape index (κ1) is 28.4. The van der Waals surface area contributed by atoms with Crippen molar-refractivity contribution >= 4 is 56.4 Å². The maximum Gasteiger partial charge on any atom is 0.251 e. The number of benzene rings is 3. The minimum absolute atomic E-state index is 0.0000690. The van der Waals surface area contributed by atoms with Crippen molar-refractivity contribution in [3.8, 4) is 0 Å². The molecular weight excluding hydrogens is 578 g/mol. The topological polar surface area (TPSA) is 90.0 Å². The number of anilines is 2. The number of rotatable bonds is 6. The summed E-state index contributed by atoms with van der Waals surface area (Å²) in [5, 5.41) is 3.55. The van der Waals surface area contributed by atoms with E-state index in [1.807, 2.05) is 4.90 Å². The van der Waals surface area contributed by atoms with Crippen molar-refractivity contribution in [2.45, 2.75) is 23.8 Å². The molecule has 12 heteroatoms. The predicted molar refractivity (Wildman–Crippen MR) is 153 cm³/mol. The van der Waals surface area contributed by atoms with Gasteiger partial charge in [-0.2, -0.15) is 4.31 Å². The first-order chi connectivity index (χ1) is 19.1. The van der Waals surface area contributed by atoms with Crippen molar-refractivity contribution in [2.75, 3.05) is 42.5 Å². The van der Waals surface area contributed by atoms with E-state index in [0.29, 0.717) is 48.2 Å². The monoisotopic (exact) mass is 604 g/mol. The molecule has 0 saturated carbocycles. The molecule has 2 fully saturated rings. The van der Waals surface area contributed by atoms with Gasteiger partial charge in [0.25, 0.3) is 5.91 Å². The van der Waals surface area contributed by atoms with Gasteiger partial charge in [-0.05, 0) is 73.5 Å². The number of hydrogen-bond donors (Lipinski definition) is 1. The maximum atomic E-state index is 13.4. The molecule has 5 rings (SSSR count). The van der Waals surface area contributed by atoms with Crippen LogP contribution < -0.4 is 15.1 Å². The zero-order valence-electron chi connectivity index (χ0n) is 21.4. The predicted octanol–water partition coefficient (Wildman–Crippen LogP) is 4.57. The molecular formula is C28H27Cl2FN4O4S. The van der Waals surface area contributed by atoms with Crippen LogP contribution in [-0.4, -0.2) is 63.3 Å². The van der Waals surface area contributed by atoms with Gasteiger partial charge < -0.3 is 15.1 Å². The lowest BCUT2D eigenvalue weighted by Gasteiger charge is -2.35. The van der Waals surface area contributed by atoms with E-state index in [9.17, 15) is 22.4 Å². The molecule has 1 unspecified atom stereocenters. The van der Waals surface area contributed by atoms with Crippen molar-refractivity contribution < 1.29 is 22.4 Å². The van der Waals surface area contributed by atoms with E-state index >= 15 is 0 Å².